The molecule has 1 aromatic heterocycles. The average molecular weight is 426 g/mol. The Morgan fingerprint density at radius 2 is 1.93 bits per heavy atom. The van der Waals surface area contributed by atoms with Crippen molar-refractivity contribution >= 4 is 26.7 Å². The molecule has 0 spiro atoms. The van der Waals surface area contributed by atoms with E-state index < -0.39 is 9.84 Å². The summed E-state index contributed by atoms with van der Waals surface area (Å²) >= 11 is 0. The molecule has 0 aliphatic carbocycles. The van der Waals surface area contributed by atoms with Crippen molar-refractivity contribution in [2.75, 3.05) is 11.5 Å². The molecule has 4 rings (SSSR count). The summed E-state index contributed by atoms with van der Waals surface area (Å²) in [6, 6.07) is 15.5. The fourth-order valence-corrected chi connectivity index (χ4v) is 5.81. The third kappa shape index (κ3) is 4.43. The predicted octanol–water partition coefficient (Wildman–Crippen LogP) is 4.31. The van der Waals surface area contributed by atoms with Gasteiger partial charge < -0.3 is 9.32 Å². The maximum atomic E-state index is 13.4. The highest BCUT2D eigenvalue weighted by Gasteiger charge is 2.34. The zero-order valence-electron chi connectivity index (χ0n) is 17.4. The Hall–Kier alpha value is -2.60. The van der Waals surface area contributed by atoms with Gasteiger partial charge in [-0.05, 0) is 35.6 Å². The summed E-state index contributed by atoms with van der Waals surface area (Å²) in [6.45, 7) is 4.68. The van der Waals surface area contributed by atoms with Crippen LogP contribution in [0.5, 0.6) is 0 Å². The van der Waals surface area contributed by atoms with Crippen molar-refractivity contribution in [2.24, 2.45) is 0 Å². The topological polar surface area (TPSA) is 67.6 Å². The smallest absolute Gasteiger partial charge is 0.227 e. The minimum Gasteiger partial charge on any atom is -0.464 e. The van der Waals surface area contributed by atoms with Crippen LogP contribution in [0.1, 0.15) is 42.9 Å². The molecule has 158 valence electrons. The summed E-state index contributed by atoms with van der Waals surface area (Å²) in [5.41, 5.74) is 3.80. The Morgan fingerprint density at radius 1 is 1.17 bits per heavy atom. The number of benzene rings is 2. The Balaban J connectivity index is 1.61. The first-order chi connectivity index (χ1) is 14.3. The summed E-state index contributed by atoms with van der Waals surface area (Å²) < 4.78 is 29.8. The van der Waals surface area contributed by atoms with Gasteiger partial charge in [0.15, 0.2) is 9.84 Å². The number of carbonyl (C=O) groups is 1. The normalized spacial score (nSPS) is 18.2. The Bertz CT molecular complexity index is 1150. The van der Waals surface area contributed by atoms with Gasteiger partial charge in [0.05, 0.1) is 24.2 Å². The minimum atomic E-state index is -3.09. The van der Waals surface area contributed by atoms with Crippen LogP contribution in [0.2, 0.25) is 0 Å². The number of hydrogen-bond donors (Lipinski definition) is 0. The van der Waals surface area contributed by atoms with Crippen molar-refractivity contribution in [3.8, 4) is 0 Å². The zero-order chi connectivity index (χ0) is 21.3. The highest BCUT2D eigenvalue weighted by Crippen LogP contribution is 2.28. The van der Waals surface area contributed by atoms with Crippen LogP contribution in [0.4, 0.5) is 0 Å². The Morgan fingerprint density at radius 3 is 2.60 bits per heavy atom. The summed E-state index contributed by atoms with van der Waals surface area (Å²) in [5.74, 6) is 0.488. The first-order valence-electron chi connectivity index (χ1n) is 10.4. The van der Waals surface area contributed by atoms with Gasteiger partial charge in [-0.3, -0.25) is 4.79 Å². The number of carbonyl (C=O) groups excluding carboxylic acids is 1. The predicted molar refractivity (Wildman–Crippen MR) is 118 cm³/mol. The maximum Gasteiger partial charge on any atom is 0.227 e. The number of nitrogens with zero attached hydrogens (tertiary/aromatic N) is 1. The van der Waals surface area contributed by atoms with Crippen molar-refractivity contribution in [1.29, 1.82) is 0 Å². The molecule has 2 heterocycles. The summed E-state index contributed by atoms with van der Waals surface area (Å²) in [4.78, 5) is 15.1. The molecular formula is C24H27NO4S. The number of sulfone groups is 1. The van der Waals surface area contributed by atoms with Crippen LogP contribution in [0.15, 0.2) is 59.2 Å². The van der Waals surface area contributed by atoms with Gasteiger partial charge in [0.2, 0.25) is 5.91 Å². The van der Waals surface area contributed by atoms with Crippen molar-refractivity contribution in [2.45, 2.75) is 45.2 Å². The van der Waals surface area contributed by atoms with Gasteiger partial charge in [-0.1, -0.05) is 50.2 Å². The van der Waals surface area contributed by atoms with Crippen molar-refractivity contribution in [1.82, 2.24) is 4.90 Å². The number of hydrogen-bond acceptors (Lipinski definition) is 4. The van der Waals surface area contributed by atoms with E-state index >= 15 is 0 Å². The van der Waals surface area contributed by atoms with E-state index in [9.17, 15) is 13.2 Å². The Kier molecular flexibility index (Phi) is 5.69. The first kappa shape index (κ1) is 20.7. The number of rotatable bonds is 6. The van der Waals surface area contributed by atoms with Gasteiger partial charge in [0.1, 0.15) is 5.58 Å². The molecule has 3 aromatic rings. The summed E-state index contributed by atoms with van der Waals surface area (Å²) in [7, 11) is -3.09. The number of fused-ring (bicyclic) bond motifs is 1. The molecule has 30 heavy (non-hydrogen) atoms. The molecule has 0 bridgehead atoms. The Labute approximate surface area is 177 Å². The molecule has 2 aromatic carbocycles. The number of amides is 1. The molecule has 1 atom stereocenters. The van der Waals surface area contributed by atoms with Crippen molar-refractivity contribution in [3.05, 3.63) is 71.5 Å². The lowest BCUT2D eigenvalue weighted by Gasteiger charge is -2.28. The molecule has 1 aliphatic rings. The van der Waals surface area contributed by atoms with Crippen molar-refractivity contribution < 1.29 is 17.6 Å². The van der Waals surface area contributed by atoms with E-state index in [0.717, 1.165) is 22.1 Å². The van der Waals surface area contributed by atoms with Crippen LogP contribution in [0, 0.1) is 0 Å². The lowest BCUT2D eigenvalue weighted by Crippen LogP contribution is -2.41. The second-order valence-electron chi connectivity index (χ2n) is 8.41. The van der Waals surface area contributed by atoms with Crippen LogP contribution in [0.3, 0.4) is 0 Å². The lowest BCUT2D eigenvalue weighted by atomic mass is 9.99. The molecule has 1 fully saturated rings. The van der Waals surface area contributed by atoms with Gasteiger partial charge in [-0.15, -0.1) is 0 Å². The molecule has 1 amide bonds. The molecule has 1 unspecified atom stereocenters. The second kappa shape index (κ2) is 8.26. The van der Waals surface area contributed by atoms with Gasteiger partial charge in [-0.25, -0.2) is 8.42 Å². The van der Waals surface area contributed by atoms with E-state index in [4.69, 9.17) is 4.42 Å². The van der Waals surface area contributed by atoms with Crippen LogP contribution in [-0.4, -0.2) is 36.8 Å². The average Bonchev–Trinajstić information content (AvgIpc) is 3.29. The van der Waals surface area contributed by atoms with E-state index in [1.807, 2.05) is 42.5 Å². The molecule has 1 aliphatic heterocycles. The fourth-order valence-electron chi connectivity index (χ4n) is 4.08. The summed E-state index contributed by atoms with van der Waals surface area (Å²) in [5, 5.41) is 0.952. The van der Waals surface area contributed by atoms with Gasteiger partial charge in [0, 0.05) is 23.5 Å². The molecule has 0 N–H and O–H groups in total. The molecule has 6 heteroatoms. The first-order valence-corrected chi connectivity index (χ1v) is 12.2. The largest absolute Gasteiger partial charge is 0.464 e. The van der Waals surface area contributed by atoms with Gasteiger partial charge >= 0.3 is 0 Å². The van der Waals surface area contributed by atoms with Crippen molar-refractivity contribution in [3.63, 3.8) is 0 Å². The molecule has 5 nitrogen and oxygen atoms in total. The maximum absolute atomic E-state index is 13.4. The monoisotopic (exact) mass is 425 g/mol. The van der Waals surface area contributed by atoms with E-state index in [0.29, 0.717) is 18.9 Å². The van der Waals surface area contributed by atoms with Gasteiger partial charge in [-0.2, -0.15) is 0 Å². The van der Waals surface area contributed by atoms with Crippen LogP contribution < -0.4 is 0 Å². The van der Waals surface area contributed by atoms with E-state index in [2.05, 4.69) is 19.9 Å². The number of furan rings is 1. The molecule has 1 saturated heterocycles. The third-order valence-corrected chi connectivity index (χ3v) is 7.60. The van der Waals surface area contributed by atoms with Crippen LogP contribution in [-0.2, 0) is 27.6 Å². The standard InChI is InChI=1S/C24H27NO4S/c1-17(2)19-8-9-23-22(12-19)20(15-29-23)13-24(26)25(14-18-6-4-3-5-7-18)21-10-11-30(27,28)16-21/h3-9,12,15,17,21H,10-11,13-14,16H2,1-2H3. The highest BCUT2D eigenvalue weighted by atomic mass is 32.2. The quantitative estimate of drug-likeness (QED) is 0.590. The molecule has 0 radical (unpaired) electrons. The van der Waals surface area contributed by atoms with E-state index in [-0.39, 0.29) is 29.9 Å². The summed E-state index contributed by atoms with van der Waals surface area (Å²) in [6.07, 6.45) is 2.33. The van der Waals surface area contributed by atoms with E-state index in [1.165, 1.54) is 5.56 Å². The molecule has 0 saturated carbocycles. The van der Waals surface area contributed by atoms with Crippen LogP contribution >= 0.6 is 0 Å². The molecular weight excluding hydrogens is 398 g/mol. The highest BCUT2D eigenvalue weighted by molar-refractivity contribution is 7.91. The lowest BCUT2D eigenvalue weighted by molar-refractivity contribution is -0.133. The fraction of sp³-hybridized carbons (Fsp3) is 0.375. The third-order valence-electron chi connectivity index (χ3n) is 5.85. The minimum absolute atomic E-state index is 0.0369. The van der Waals surface area contributed by atoms with E-state index in [1.54, 1.807) is 11.2 Å². The van der Waals surface area contributed by atoms with Crippen LogP contribution in [0.25, 0.3) is 11.0 Å². The van der Waals surface area contributed by atoms with Gasteiger partial charge in [0.25, 0.3) is 0 Å². The second-order valence-corrected chi connectivity index (χ2v) is 10.6. The zero-order valence-corrected chi connectivity index (χ0v) is 18.2. The SMILES string of the molecule is CC(C)c1ccc2occ(CC(=O)N(Cc3ccccc3)C3CCS(=O)(=O)C3)c2c1.